The summed E-state index contributed by atoms with van der Waals surface area (Å²) < 4.78 is 5.63. The van der Waals surface area contributed by atoms with Crippen molar-refractivity contribution < 1.29 is 14.6 Å². The Hall–Kier alpha value is -3.99. The number of nitro benzene ring substituents is 1. The molecule has 2 N–H and O–H groups in total. The van der Waals surface area contributed by atoms with Gasteiger partial charge in [-0.2, -0.15) is 4.98 Å². The van der Waals surface area contributed by atoms with Gasteiger partial charge in [-0.3, -0.25) is 31.1 Å². The van der Waals surface area contributed by atoms with E-state index in [2.05, 4.69) is 20.8 Å². The van der Waals surface area contributed by atoms with E-state index in [0.29, 0.717) is 16.5 Å². The number of hydrogen-bond acceptors (Lipinski definition) is 9. The van der Waals surface area contributed by atoms with Gasteiger partial charge in [0.25, 0.3) is 5.69 Å². The third kappa shape index (κ3) is 4.52. The fourth-order valence-corrected chi connectivity index (χ4v) is 2.68. The van der Waals surface area contributed by atoms with E-state index in [4.69, 9.17) is 16.3 Å². The lowest BCUT2D eigenvalue weighted by molar-refractivity contribution is -0.385. The van der Waals surface area contributed by atoms with Gasteiger partial charge in [-0.25, -0.2) is 4.98 Å². The minimum absolute atomic E-state index is 0.0854. The molecule has 3 aromatic rings. The summed E-state index contributed by atoms with van der Waals surface area (Å²) in [7, 11) is 0. The molecule has 0 saturated carbocycles. The number of rotatable bonds is 7. The van der Waals surface area contributed by atoms with Crippen molar-refractivity contribution in [3.05, 3.63) is 79.1 Å². The second kappa shape index (κ2) is 8.57. The Labute approximate surface area is 175 Å². The predicted octanol–water partition coefficient (Wildman–Crippen LogP) is 4.79. The first-order valence-electron chi connectivity index (χ1n) is 8.46. The SMILES string of the molecule is Cc1cc(Oc2ncnc(NNc3ccc([N+](=O)[O-])cc3)c2[N+](=O)[O-])cc(C)c1Cl. The van der Waals surface area contributed by atoms with E-state index in [1.54, 1.807) is 26.0 Å². The molecule has 0 bridgehead atoms. The summed E-state index contributed by atoms with van der Waals surface area (Å²) in [5, 5.41) is 22.9. The van der Waals surface area contributed by atoms with E-state index in [9.17, 15) is 20.2 Å². The maximum atomic E-state index is 11.6. The maximum Gasteiger partial charge on any atom is 0.374 e. The third-order valence-electron chi connectivity index (χ3n) is 4.00. The number of nitrogens with one attached hydrogen (secondary N) is 2. The average molecular weight is 431 g/mol. The van der Waals surface area contributed by atoms with Crippen molar-refractivity contribution in [1.29, 1.82) is 0 Å². The van der Waals surface area contributed by atoms with Crippen molar-refractivity contribution in [3.63, 3.8) is 0 Å². The van der Waals surface area contributed by atoms with Crippen LogP contribution in [0, 0.1) is 34.1 Å². The monoisotopic (exact) mass is 430 g/mol. The molecule has 0 aliphatic rings. The van der Waals surface area contributed by atoms with Crippen LogP contribution in [0.2, 0.25) is 5.02 Å². The Kier molecular flexibility index (Phi) is 5.93. The molecule has 0 amide bonds. The summed E-state index contributed by atoms with van der Waals surface area (Å²) in [5.74, 6) is -0.0691. The lowest BCUT2D eigenvalue weighted by atomic mass is 10.1. The third-order valence-corrected chi connectivity index (χ3v) is 4.60. The number of nitro groups is 2. The summed E-state index contributed by atoms with van der Waals surface area (Å²) in [4.78, 5) is 28.9. The fraction of sp³-hybridized carbons (Fsp3) is 0.111. The van der Waals surface area contributed by atoms with Gasteiger partial charge in [-0.05, 0) is 49.2 Å². The van der Waals surface area contributed by atoms with Gasteiger partial charge in [0.05, 0.1) is 15.5 Å². The van der Waals surface area contributed by atoms with Crippen LogP contribution in [0.1, 0.15) is 11.1 Å². The van der Waals surface area contributed by atoms with Gasteiger partial charge in [0.1, 0.15) is 12.1 Å². The number of nitrogens with zero attached hydrogens (tertiary/aromatic N) is 4. The average Bonchev–Trinajstić information content (AvgIpc) is 2.70. The molecular weight excluding hydrogens is 416 g/mol. The highest BCUT2D eigenvalue weighted by Crippen LogP contribution is 2.35. The van der Waals surface area contributed by atoms with Gasteiger partial charge in [-0.1, -0.05) is 11.6 Å². The molecule has 3 rings (SSSR count). The molecule has 12 heteroatoms. The van der Waals surface area contributed by atoms with Crippen LogP contribution in [0.4, 0.5) is 22.9 Å². The highest BCUT2D eigenvalue weighted by atomic mass is 35.5. The van der Waals surface area contributed by atoms with Crippen molar-refractivity contribution in [2.24, 2.45) is 0 Å². The van der Waals surface area contributed by atoms with Gasteiger partial charge < -0.3 is 4.74 Å². The van der Waals surface area contributed by atoms with Crippen LogP contribution in [0.25, 0.3) is 0 Å². The number of hydrogen-bond donors (Lipinski definition) is 2. The highest BCUT2D eigenvalue weighted by molar-refractivity contribution is 6.32. The summed E-state index contributed by atoms with van der Waals surface area (Å²) in [6.45, 7) is 3.58. The van der Waals surface area contributed by atoms with Gasteiger partial charge in [0.15, 0.2) is 0 Å². The van der Waals surface area contributed by atoms with Crippen molar-refractivity contribution in [1.82, 2.24) is 9.97 Å². The molecule has 1 aromatic heterocycles. The lowest BCUT2D eigenvalue weighted by Crippen LogP contribution is -2.13. The van der Waals surface area contributed by atoms with E-state index < -0.39 is 15.5 Å². The first kappa shape index (κ1) is 20.7. The predicted molar refractivity (Wildman–Crippen MR) is 110 cm³/mol. The summed E-state index contributed by atoms with van der Waals surface area (Å²) >= 11 is 6.14. The Balaban J connectivity index is 1.86. The zero-order valence-electron chi connectivity index (χ0n) is 15.7. The van der Waals surface area contributed by atoms with Crippen LogP contribution in [-0.4, -0.2) is 19.8 Å². The van der Waals surface area contributed by atoms with E-state index >= 15 is 0 Å². The van der Waals surface area contributed by atoms with E-state index in [0.717, 1.165) is 17.5 Å². The molecule has 0 radical (unpaired) electrons. The summed E-state index contributed by atoms with van der Waals surface area (Å²) in [5.41, 5.74) is 6.66. The topological polar surface area (TPSA) is 145 Å². The lowest BCUT2D eigenvalue weighted by Gasteiger charge is -2.12. The normalized spacial score (nSPS) is 10.4. The van der Waals surface area contributed by atoms with Gasteiger partial charge in [0.2, 0.25) is 5.82 Å². The van der Waals surface area contributed by atoms with Gasteiger partial charge in [0, 0.05) is 17.2 Å². The molecule has 0 aliphatic heterocycles. The molecule has 30 heavy (non-hydrogen) atoms. The van der Waals surface area contributed by atoms with E-state index in [1.165, 1.54) is 24.3 Å². The van der Waals surface area contributed by atoms with Gasteiger partial charge >= 0.3 is 11.6 Å². The Bertz CT molecular complexity index is 1100. The molecule has 0 spiro atoms. The zero-order chi connectivity index (χ0) is 21.8. The first-order valence-corrected chi connectivity index (χ1v) is 8.84. The number of hydrazine groups is 1. The second-order valence-corrected chi connectivity index (χ2v) is 6.54. The molecule has 2 aromatic carbocycles. The van der Waals surface area contributed by atoms with Crippen molar-refractivity contribution in [2.75, 3.05) is 10.9 Å². The minimum Gasteiger partial charge on any atom is -0.434 e. The number of halogens is 1. The molecule has 154 valence electrons. The zero-order valence-corrected chi connectivity index (χ0v) is 16.5. The maximum absolute atomic E-state index is 11.6. The van der Waals surface area contributed by atoms with Crippen LogP contribution in [0.3, 0.4) is 0 Å². The Morgan fingerprint density at radius 3 is 2.17 bits per heavy atom. The van der Waals surface area contributed by atoms with Gasteiger partial charge in [-0.15, -0.1) is 0 Å². The van der Waals surface area contributed by atoms with Crippen molar-refractivity contribution in [3.8, 4) is 11.6 Å². The molecule has 1 heterocycles. The smallest absolute Gasteiger partial charge is 0.374 e. The molecule has 11 nitrogen and oxygen atoms in total. The van der Waals surface area contributed by atoms with Crippen LogP contribution < -0.4 is 15.6 Å². The molecule has 0 atom stereocenters. The standard InChI is InChI=1S/C18H15ClN6O5/c1-10-7-14(8-11(2)15(10)19)30-18-16(25(28)29)17(20-9-21-18)23-22-12-3-5-13(6-4-12)24(26)27/h3-9,22H,1-2H3,(H,20,21,23). The van der Waals surface area contributed by atoms with E-state index in [-0.39, 0.29) is 17.4 Å². The second-order valence-electron chi connectivity index (χ2n) is 6.16. The number of anilines is 2. The summed E-state index contributed by atoms with van der Waals surface area (Å²) in [6, 6.07) is 8.74. The Morgan fingerprint density at radius 2 is 1.60 bits per heavy atom. The minimum atomic E-state index is -0.676. The first-order chi connectivity index (χ1) is 14.3. The molecule has 0 fully saturated rings. The number of aryl methyl sites for hydroxylation is 2. The summed E-state index contributed by atoms with van der Waals surface area (Å²) in [6.07, 6.45) is 1.11. The highest BCUT2D eigenvalue weighted by Gasteiger charge is 2.25. The molecule has 0 unspecified atom stereocenters. The molecule has 0 saturated heterocycles. The van der Waals surface area contributed by atoms with Crippen molar-refractivity contribution in [2.45, 2.75) is 13.8 Å². The molecular formula is C18H15ClN6O5. The van der Waals surface area contributed by atoms with Crippen molar-refractivity contribution >= 4 is 34.5 Å². The quantitative estimate of drug-likeness (QED) is 0.398. The van der Waals surface area contributed by atoms with Crippen LogP contribution in [0.15, 0.2) is 42.7 Å². The number of ether oxygens (including phenoxy) is 1. The number of benzene rings is 2. The molecule has 0 aliphatic carbocycles. The largest absolute Gasteiger partial charge is 0.434 e. The van der Waals surface area contributed by atoms with E-state index in [1.807, 2.05) is 0 Å². The fourth-order valence-electron chi connectivity index (χ4n) is 2.57. The van der Waals surface area contributed by atoms with Crippen LogP contribution in [-0.2, 0) is 0 Å². The number of aromatic nitrogens is 2. The van der Waals surface area contributed by atoms with Crippen LogP contribution in [0.5, 0.6) is 11.6 Å². The van der Waals surface area contributed by atoms with Crippen LogP contribution >= 0.6 is 11.6 Å². The number of non-ortho nitro benzene ring substituents is 1. The Morgan fingerprint density at radius 1 is 0.967 bits per heavy atom.